The van der Waals surface area contributed by atoms with Gasteiger partial charge in [-0.2, -0.15) is 0 Å². The number of amides is 1. The third-order valence-corrected chi connectivity index (χ3v) is 5.37. The van der Waals surface area contributed by atoms with E-state index < -0.39 is 9.84 Å². The molecule has 1 fully saturated rings. The van der Waals surface area contributed by atoms with Crippen molar-refractivity contribution in [3.05, 3.63) is 0 Å². The van der Waals surface area contributed by atoms with E-state index in [0.29, 0.717) is 24.8 Å². The molecule has 0 aliphatic carbocycles. The van der Waals surface area contributed by atoms with Gasteiger partial charge in [-0.1, -0.05) is 13.3 Å². The molecular formula is C12H22ClNO3S. The SMILES string of the molecule is CCCC(CCCl)CNC(=O)C1CCS(=O)(=O)C1. The van der Waals surface area contributed by atoms with Crippen LogP contribution < -0.4 is 5.32 Å². The molecule has 2 atom stereocenters. The van der Waals surface area contributed by atoms with E-state index in [0.717, 1.165) is 19.3 Å². The lowest BCUT2D eigenvalue weighted by Gasteiger charge is -2.17. The van der Waals surface area contributed by atoms with E-state index in [1.807, 2.05) is 0 Å². The first-order valence-electron chi connectivity index (χ1n) is 6.52. The molecule has 1 heterocycles. The fourth-order valence-electron chi connectivity index (χ4n) is 2.30. The van der Waals surface area contributed by atoms with Crippen LogP contribution in [0, 0.1) is 11.8 Å². The van der Waals surface area contributed by atoms with Crippen molar-refractivity contribution in [2.24, 2.45) is 11.8 Å². The third kappa shape index (κ3) is 5.14. The molecule has 1 aliphatic heterocycles. The molecule has 18 heavy (non-hydrogen) atoms. The van der Waals surface area contributed by atoms with Gasteiger partial charge in [-0.05, 0) is 25.2 Å². The lowest BCUT2D eigenvalue weighted by atomic mass is 10.00. The van der Waals surface area contributed by atoms with Gasteiger partial charge in [0.15, 0.2) is 9.84 Å². The fourth-order valence-corrected chi connectivity index (χ4v) is 4.35. The number of hydrogen-bond donors (Lipinski definition) is 1. The molecule has 4 nitrogen and oxygen atoms in total. The molecule has 0 spiro atoms. The molecule has 106 valence electrons. The highest BCUT2D eigenvalue weighted by Gasteiger charge is 2.32. The van der Waals surface area contributed by atoms with Crippen LogP contribution in [0.4, 0.5) is 0 Å². The fraction of sp³-hybridized carbons (Fsp3) is 0.917. The molecule has 1 aliphatic rings. The standard InChI is InChI=1S/C12H22ClNO3S/c1-2-3-10(4-6-13)8-14-12(15)11-5-7-18(16,17)9-11/h10-11H,2-9H2,1H3,(H,14,15). The van der Waals surface area contributed by atoms with E-state index >= 15 is 0 Å². The molecule has 1 N–H and O–H groups in total. The van der Waals surface area contributed by atoms with E-state index in [-0.39, 0.29) is 23.3 Å². The van der Waals surface area contributed by atoms with Crippen LogP contribution in [-0.2, 0) is 14.6 Å². The Kier molecular flexibility index (Phi) is 6.43. The van der Waals surface area contributed by atoms with Gasteiger partial charge in [0.05, 0.1) is 17.4 Å². The molecule has 1 amide bonds. The van der Waals surface area contributed by atoms with Crippen LogP contribution in [0.25, 0.3) is 0 Å². The maximum absolute atomic E-state index is 11.8. The van der Waals surface area contributed by atoms with Crippen molar-refractivity contribution in [3.8, 4) is 0 Å². The van der Waals surface area contributed by atoms with Crippen LogP contribution in [0.2, 0.25) is 0 Å². The Balaban J connectivity index is 2.36. The summed E-state index contributed by atoms with van der Waals surface area (Å²) in [6.45, 7) is 2.71. The predicted molar refractivity (Wildman–Crippen MR) is 73.5 cm³/mol. The Morgan fingerprint density at radius 2 is 2.17 bits per heavy atom. The van der Waals surface area contributed by atoms with Gasteiger partial charge in [0.1, 0.15) is 0 Å². The normalized spacial score (nSPS) is 23.8. The predicted octanol–water partition coefficient (Wildman–Crippen LogP) is 1.58. The number of halogens is 1. The summed E-state index contributed by atoms with van der Waals surface area (Å²) in [7, 11) is -2.98. The van der Waals surface area contributed by atoms with Crippen LogP contribution in [0.5, 0.6) is 0 Å². The molecule has 2 unspecified atom stereocenters. The first-order chi connectivity index (χ1) is 8.48. The molecule has 6 heteroatoms. The minimum Gasteiger partial charge on any atom is -0.356 e. The molecular weight excluding hydrogens is 274 g/mol. The first kappa shape index (κ1) is 15.8. The largest absolute Gasteiger partial charge is 0.356 e. The molecule has 0 bridgehead atoms. The second-order valence-electron chi connectivity index (χ2n) is 4.98. The Bertz CT molecular complexity index is 364. The third-order valence-electron chi connectivity index (χ3n) is 3.38. The highest BCUT2D eigenvalue weighted by Crippen LogP contribution is 2.19. The van der Waals surface area contributed by atoms with Crippen LogP contribution in [-0.4, -0.2) is 38.3 Å². The lowest BCUT2D eigenvalue weighted by Crippen LogP contribution is -2.35. The van der Waals surface area contributed by atoms with Crippen molar-refractivity contribution >= 4 is 27.3 Å². The van der Waals surface area contributed by atoms with E-state index in [2.05, 4.69) is 12.2 Å². The smallest absolute Gasteiger partial charge is 0.224 e. The van der Waals surface area contributed by atoms with Crippen molar-refractivity contribution in [3.63, 3.8) is 0 Å². The number of carbonyl (C=O) groups is 1. The zero-order valence-corrected chi connectivity index (χ0v) is 12.4. The van der Waals surface area contributed by atoms with Gasteiger partial charge in [-0.25, -0.2) is 8.42 Å². The van der Waals surface area contributed by atoms with Gasteiger partial charge in [-0.15, -0.1) is 11.6 Å². The first-order valence-corrected chi connectivity index (χ1v) is 8.88. The van der Waals surface area contributed by atoms with Crippen molar-refractivity contribution in [2.45, 2.75) is 32.6 Å². The van der Waals surface area contributed by atoms with Gasteiger partial charge < -0.3 is 5.32 Å². The molecule has 1 saturated heterocycles. The summed E-state index contributed by atoms with van der Waals surface area (Å²) in [6.07, 6.45) is 3.45. The van der Waals surface area contributed by atoms with Gasteiger partial charge >= 0.3 is 0 Å². The minimum absolute atomic E-state index is 0.00673. The van der Waals surface area contributed by atoms with Crippen molar-refractivity contribution in [1.29, 1.82) is 0 Å². The van der Waals surface area contributed by atoms with Crippen LogP contribution in [0.3, 0.4) is 0 Å². The van der Waals surface area contributed by atoms with E-state index in [4.69, 9.17) is 11.6 Å². The second-order valence-corrected chi connectivity index (χ2v) is 7.58. The Hall–Kier alpha value is -0.290. The summed E-state index contributed by atoms with van der Waals surface area (Å²) >= 11 is 5.72. The van der Waals surface area contributed by atoms with E-state index in [1.54, 1.807) is 0 Å². The van der Waals surface area contributed by atoms with Gasteiger partial charge in [0, 0.05) is 12.4 Å². The zero-order valence-electron chi connectivity index (χ0n) is 10.8. The highest BCUT2D eigenvalue weighted by molar-refractivity contribution is 7.91. The summed E-state index contributed by atoms with van der Waals surface area (Å²) < 4.78 is 22.6. The number of rotatable bonds is 7. The number of nitrogens with one attached hydrogen (secondary N) is 1. The van der Waals surface area contributed by atoms with Gasteiger partial charge in [0.2, 0.25) is 5.91 Å². The zero-order chi connectivity index (χ0) is 13.6. The van der Waals surface area contributed by atoms with Crippen molar-refractivity contribution < 1.29 is 13.2 Å². The number of hydrogen-bond acceptors (Lipinski definition) is 3. The maximum atomic E-state index is 11.8. The van der Waals surface area contributed by atoms with Crippen LogP contribution >= 0.6 is 11.6 Å². The van der Waals surface area contributed by atoms with E-state index in [1.165, 1.54) is 0 Å². The number of sulfone groups is 1. The Morgan fingerprint density at radius 1 is 1.44 bits per heavy atom. The monoisotopic (exact) mass is 295 g/mol. The summed E-state index contributed by atoms with van der Waals surface area (Å²) in [5.74, 6) is 0.672. The average Bonchev–Trinajstić information content (AvgIpc) is 2.67. The molecule has 0 aromatic rings. The maximum Gasteiger partial charge on any atom is 0.224 e. The van der Waals surface area contributed by atoms with Crippen molar-refractivity contribution in [1.82, 2.24) is 5.32 Å². The van der Waals surface area contributed by atoms with Gasteiger partial charge in [-0.3, -0.25) is 4.79 Å². The molecule has 0 saturated carbocycles. The average molecular weight is 296 g/mol. The van der Waals surface area contributed by atoms with Crippen molar-refractivity contribution in [2.75, 3.05) is 23.9 Å². The highest BCUT2D eigenvalue weighted by atomic mass is 35.5. The second kappa shape index (κ2) is 7.34. The summed E-state index contributed by atoms with van der Waals surface area (Å²) in [6, 6.07) is 0. The Labute approximate surface area is 114 Å². The Morgan fingerprint density at radius 3 is 2.67 bits per heavy atom. The summed E-state index contributed by atoms with van der Waals surface area (Å²) in [5, 5.41) is 2.87. The summed E-state index contributed by atoms with van der Waals surface area (Å²) in [5.41, 5.74) is 0. The molecule has 0 aromatic heterocycles. The van der Waals surface area contributed by atoms with Gasteiger partial charge in [0.25, 0.3) is 0 Å². The molecule has 0 radical (unpaired) electrons. The quantitative estimate of drug-likeness (QED) is 0.725. The van der Waals surface area contributed by atoms with E-state index in [9.17, 15) is 13.2 Å². The summed E-state index contributed by atoms with van der Waals surface area (Å²) in [4.78, 5) is 11.8. The molecule has 1 rings (SSSR count). The molecule has 0 aromatic carbocycles. The number of alkyl halides is 1. The minimum atomic E-state index is -2.98. The van der Waals surface area contributed by atoms with Crippen LogP contribution in [0.1, 0.15) is 32.6 Å². The lowest BCUT2D eigenvalue weighted by molar-refractivity contribution is -0.124. The number of carbonyl (C=O) groups excluding carboxylic acids is 1. The van der Waals surface area contributed by atoms with Crippen LogP contribution in [0.15, 0.2) is 0 Å². The topological polar surface area (TPSA) is 63.2 Å².